The van der Waals surface area contributed by atoms with E-state index in [2.05, 4.69) is 76.0 Å². The summed E-state index contributed by atoms with van der Waals surface area (Å²) < 4.78 is 7.49. The summed E-state index contributed by atoms with van der Waals surface area (Å²) in [5.74, 6) is 0.834. The van der Waals surface area contributed by atoms with E-state index in [1.54, 1.807) is 7.11 Å². The van der Waals surface area contributed by atoms with Crippen molar-refractivity contribution in [3.8, 4) is 17.0 Å². The van der Waals surface area contributed by atoms with Crippen LogP contribution in [0.5, 0.6) is 5.75 Å². The molecule has 32 heavy (non-hydrogen) atoms. The van der Waals surface area contributed by atoms with Gasteiger partial charge in [0.25, 0.3) is 0 Å². The second-order valence-electron chi connectivity index (χ2n) is 7.38. The van der Waals surface area contributed by atoms with Crippen LogP contribution in [0.2, 0.25) is 0 Å². The van der Waals surface area contributed by atoms with E-state index in [1.165, 1.54) is 0 Å². The van der Waals surface area contributed by atoms with Crippen molar-refractivity contribution in [2.45, 2.75) is 39.8 Å². The van der Waals surface area contributed by atoms with E-state index in [0.717, 1.165) is 41.4 Å². The Hall–Kier alpha value is -2.40. The molecule has 0 bridgehead atoms. The molecule has 0 aliphatic carbocycles. The van der Waals surface area contributed by atoms with Crippen molar-refractivity contribution >= 4 is 34.7 Å². The van der Waals surface area contributed by atoms with Gasteiger partial charge in [-0.25, -0.2) is 10.9 Å². The lowest BCUT2D eigenvalue weighted by molar-refractivity contribution is 0.368. The summed E-state index contributed by atoms with van der Waals surface area (Å²) in [6.45, 7) is 9.70. The Bertz CT molecular complexity index is 898. The molecule has 0 amide bonds. The van der Waals surface area contributed by atoms with Crippen LogP contribution < -0.4 is 37.1 Å². The number of aromatic nitrogens is 1. The second-order valence-corrected chi connectivity index (χ2v) is 8.20. The molecule has 0 aliphatic rings. The Balaban J connectivity index is 2.31. The number of methoxy groups -OCH3 is 1. The van der Waals surface area contributed by atoms with Crippen LogP contribution in [0.25, 0.3) is 11.3 Å². The number of nitrogens with zero attached hydrogens (tertiary/aromatic N) is 1. The first-order chi connectivity index (χ1) is 15.3. The zero-order valence-electron chi connectivity index (χ0n) is 19.6. The number of rotatable bonds is 10. The van der Waals surface area contributed by atoms with Crippen LogP contribution in [0.4, 0.5) is 0 Å². The van der Waals surface area contributed by atoms with Crippen LogP contribution in [-0.2, 0) is 7.05 Å². The molecule has 1 aromatic carbocycles. The molecule has 0 saturated heterocycles. The Labute approximate surface area is 201 Å². The van der Waals surface area contributed by atoms with Gasteiger partial charge in [0, 0.05) is 37.6 Å². The van der Waals surface area contributed by atoms with Crippen molar-refractivity contribution in [1.29, 1.82) is 0 Å². The van der Waals surface area contributed by atoms with E-state index in [9.17, 15) is 0 Å². The number of ether oxygens (including phenoxy) is 1. The van der Waals surface area contributed by atoms with Crippen LogP contribution in [0, 0.1) is 6.92 Å². The number of thiocarbonyl (C=S) groups is 2. The van der Waals surface area contributed by atoms with Crippen LogP contribution in [0.15, 0.2) is 30.3 Å². The molecule has 2 aromatic rings. The van der Waals surface area contributed by atoms with Gasteiger partial charge in [-0.1, -0.05) is 0 Å². The maximum atomic E-state index is 5.34. The van der Waals surface area contributed by atoms with Gasteiger partial charge in [0.15, 0.2) is 10.2 Å². The molecule has 0 radical (unpaired) electrons. The first-order valence-electron chi connectivity index (χ1n) is 10.7. The second kappa shape index (κ2) is 12.6. The van der Waals surface area contributed by atoms with Crippen molar-refractivity contribution in [1.82, 2.24) is 36.9 Å². The third kappa shape index (κ3) is 6.80. The summed E-state index contributed by atoms with van der Waals surface area (Å²) in [4.78, 5) is 0. The molecule has 2 rings (SSSR count). The smallest absolute Gasteiger partial charge is 0.180 e. The summed E-state index contributed by atoms with van der Waals surface area (Å²) >= 11 is 10.6. The van der Waals surface area contributed by atoms with Gasteiger partial charge in [-0.3, -0.25) is 10.9 Å². The lowest BCUT2D eigenvalue weighted by Gasteiger charge is -2.28. The molecule has 2 unspecified atom stereocenters. The first kappa shape index (κ1) is 25.9. The number of hydrogen-bond donors (Lipinski definition) is 6. The van der Waals surface area contributed by atoms with Gasteiger partial charge in [-0.2, -0.15) is 0 Å². The van der Waals surface area contributed by atoms with Gasteiger partial charge < -0.3 is 19.9 Å². The van der Waals surface area contributed by atoms with Gasteiger partial charge in [-0.05, 0) is 93.6 Å². The summed E-state index contributed by atoms with van der Waals surface area (Å²) in [5.41, 5.74) is 17.4. The minimum absolute atomic E-state index is 0.0339. The van der Waals surface area contributed by atoms with Gasteiger partial charge in [0.05, 0.1) is 13.2 Å². The van der Waals surface area contributed by atoms with Crippen LogP contribution in [0.1, 0.15) is 38.1 Å². The average molecular weight is 478 g/mol. The maximum absolute atomic E-state index is 5.34. The van der Waals surface area contributed by atoms with Crippen molar-refractivity contribution in [2.75, 3.05) is 20.2 Å². The summed E-state index contributed by atoms with van der Waals surface area (Å²) in [7, 11) is 3.74. The molecule has 8 nitrogen and oxygen atoms in total. The topological polar surface area (TPSA) is 86.3 Å². The number of hydrogen-bond acceptors (Lipinski definition) is 5. The van der Waals surface area contributed by atoms with Crippen LogP contribution in [0.3, 0.4) is 0 Å². The average Bonchev–Trinajstić information content (AvgIpc) is 3.07. The van der Waals surface area contributed by atoms with E-state index in [4.69, 9.17) is 29.2 Å². The lowest BCUT2D eigenvalue weighted by Crippen LogP contribution is -2.55. The summed E-state index contributed by atoms with van der Waals surface area (Å²) in [6.07, 6.45) is 0. The standard InChI is InChI=1S/C22H35N7OS2/c1-7-23-21(31)27-25-14(3)20(26-28-22(32)24-8-2)18-13-19(29(5)15(18)4)16-9-11-17(30-6)12-10-16/h9-14,20,25-26H,7-8H2,1-6H3,(H2,23,27,31)(H2,24,28,32). The SMILES string of the molecule is CCNC(=S)NNC(C)C(NNC(=S)NCC)c1cc(-c2ccc(OC)cc2)n(C)c1C. The zero-order chi connectivity index (χ0) is 23.7. The molecule has 176 valence electrons. The van der Waals surface area contributed by atoms with Crippen LogP contribution >= 0.6 is 24.4 Å². The Morgan fingerprint density at radius 3 is 2.09 bits per heavy atom. The van der Waals surface area contributed by atoms with E-state index >= 15 is 0 Å². The molecule has 0 saturated carbocycles. The minimum atomic E-state index is -0.110. The van der Waals surface area contributed by atoms with Gasteiger partial charge >= 0.3 is 0 Å². The Kier molecular flexibility index (Phi) is 10.2. The van der Waals surface area contributed by atoms with E-state index < -0.39 is 0 Å². The highest BCUT2D eigenvalue weighted by Gasteiger charge is 2.25. The number of hydrazine groups is 2. The third-order valence-corrected chi connectivity index (χ3v) is 5.72. The predicted molar refractivity (Wildman–Crippen MR) is 139 cm³/mol. The lowest BCUT2D eigenvalue weighted by atomic mass is 10.0. The summed E-state index contributed by atoms with van der Waals surface area (Å²) in [6, 6.07) is 10.1. The fourth-order valence-corrected chi connectivity index (χ4v) is 3.77. The fraction of sp³-hybridized carbons (Fsp3) is 0.455. The van der Waals surface area contributed by atoms with Gasteiger partial charge in [0.2, 0.25) is 0 Å². The van der Waals surface area contributed by atoms with Crippen molar-refractivity contribution in [3.63, 3.8) is 0 Å². The quantitative estimate of drug-likeness (QED) is 0.228. The van der Waals surface area contributed by atoms with E-state index in [0.29, 0.717) is 10.2 Å². The molecular formula is C22H35N7OS2. The minimum Gasteiger partial charge on any atom is -0.497 e. The third-order valence-electron chi connectivity index (χ3n) is 5.22. The fourth-order valence-electron chi connectivity index (χ4n) is 3.36. The molecular weight excluding hydrogens is 442 g/mol. The van der Waals surface area contributed by atoms with Crippen LogP contribution in [-0.4, -0.2) is 41.0 Å². The van der Waals surface area contributed by atoms with Crippen molar-refractivity contribution < 1.29 is 4.74 Å². The Morgan fingerprint density at radius 2 is 1.56 bits per heavy atom. The first-order valence-corrected chi connectivity index (χ1v) is 11.5. The highest BCUT2D eigenvalue weighted by molar-refractivity contribution is 7.80. The molecule has 1 heterocycles. The van der Waals surface area contributed by atoms with Gasteiger partial charge in [-0.15, -0.1) is 0 Å². The zero-order valence-corrected chi connectivity index (χ0v) is 21.3. The molecule has 0 fully saturated rings. The van der Waals surface area contributed by atoms with Crippen molar-refractivity contribution in [2.24, 2.45) is 7.05 Å². The summed E-state index contributed by atoms with van der Waals surface area (Å²) in [5, 5.41) is 7.28. The highest BCUT2D eigenvalue weighted by atomic mass is 32.1. The monoisotopic (exact) mass is 477 g/mol. The van der Waals surface area contributed by atoms with E-state index in [-0.39, 0.29) is 12.1 Å². The van der Waals surface area contributed by atoms with E-state index in [1.807, 2.05) is 26.0 Å². The molecule has 0 spiro atoms. The largest absolute Gasteiger partial charge is 0.497 e. The molecule has 2 atom stereocenters. The maximum Gasteiger partial charge on any atom is 0.180 e. The normalized spacial score (nSPS) is 12.6. The van der Waals surface area contributed by atoms with Crippen molar-refractivity contribution in [3.05, 3.63) is 41.6 Å². The molecule has 0 aliphatic heterocycles. The Morgan fingerprint density at radius 1 is 1.00 bits per heavy atom. The molecule has 1 aromatic heterocycles. The van der Waals surface area contributed by atoms with Gasteiger partial charge in [0.1, 0.15) is 5.75 Å². The predicted octanol–water partition coefficient (Wildman–Crippen LogP) is 2.42. The number of nitrogens with one attached hydrogen (secondary N) is 6. The molecule has 6 N–H and O–H groups in total. The molecule has 10 heteroatoms. The highest BCUT2D eigenvalue weighted by Crippen LogP contribution is 2.30. The number of benzene rings is 1.